The van der Waals surface area contributed by atoms with Gasteiger partial charge in [0.25, 0.3) is 0 Å². The van der Waals surface area contributed by atoms with E-state index < -0.39 is 4.92 Å². The quantitative estimate of drug-likeness (QED) is 0.275. The van der Waals surface area contributed by atoms with Crippen molar-refractivity contribution in [2.24, 2.45) is 7.05 Å². The van der Waals surface area contributed by atoms with Crippen molar-refractivity contribution in [2.45, 2.75) is 20.4 Å². The molecule has 2 aliphatic rings. The first-order valence-electron chi connectivity index (χ1n) is 12.2. The van der Waals surface area contributed by atoms with Crippen molar-refractivity contribution < 1.29 is 19.1 Å². The van der Waals surface area contributed by atoms with Gasteiger partial charge in [0.1, 0.15) is 6.33 Å². The third kappa shape index (κ3) is 4.30. The van der Waals surface area contributed by atoms with E-state index in [4.69, 9.17) is 14.2 Å². The van der Waals surface area contributed by atoms with E-state index in [1.807, 2.05) is 43.0 Å². The molecular weight excluding hydrogens is 492 g/mol. The van der Waals surface area contributed by atoms with Crippen LogP contribution in [0.3, 0.4) is 0 Å². The minimum absolute atomic E-state index is 0.150. The van der Waals surface area contributed by atoms with E-state index in [2.05, 4.69) is 25.0 Å². The number of hydrogen-bond acceptors (Lipinski definition) is 11. The molecule has 196 valence electrons. The molecule has 0 bridgehead atoms. The molecule has 13 heteroatoms. The van der Waals surface area contributed by atoms with Crippen LogP contribution in [0.25, 0.3) is 11.0 Å². The first-order valence-corrected chi connectivity index (χ1v) is 12.2. The Labute approximate surface area is 217 Å². The number of pyridine rings is 1. The number of benzene rings is 1. The number of nitro groups is 1. The van der Waals surface area contributed by atoms with E-state index in [0.717, 1.165) is 34.9 Å². The standard InChI is InChI=1S/C25H26N8O5/c1-15-10-16(2)28-22-20(15)24(29-30(22)3)38-25-21(33(34)35)23(26-13-27-25)32-8-6-31(7-9-32)12-17-4-5-18-19(11-17)37-14-36-18/h4-5,10-11,13H,6-9,12,14H2,1-3H3. The van der Waals surface area contributed by atoms with Gasteiger partial charge in [0.2, 0.25) is 18.5 Å². The van der Waals surface area contributed by atoms with Crippen molar-refractivity contribution in [1.29, 1.82) is 0 Å². The lowest BCUT2D eigenvalue weighted by molar-refractivity contribution is -0.385. The lowest BCUT2D eigenvalue weighted by Gasteiger charge is -2.35. The number of aryl methyl sites for hydroxylation is 3. The van der Waals surface area contributed by atoms with Crippen LogP contribution in [0.15, 0.2) is 30.6 Å². The summed E-state index contributed by atoms with van der Waals surface area (Å²) in [5.41, 5.74) is 3.22. The van der Waals surface area contributed by atoms with Crippen molar-refractivity contribution in [2.75, 3.05) is 37.9 Å². The van der Waals surface area contributed by atoms with Crippen LogP contribution >= 0.6 is 0 Å². The molecule has 0 aliphatic carbocycles. The summed E-state index contributed by atoms with van der Waals surface area (Å²) in [5, 5.41) is 17.3. The molecule has 6 rings (SSSR count). The highest BCUT2D eigenvalue weighted by atomic mass is 16.7. The number of piperazine rings is 1. The summed E-state index contributed by atoms with van der Waals surface area (Å²) in [7, 11) is 1.75. The van der Waals surface area contributed by atoms with E-state index in [1.165, 1.54) is 6.33 Å². The number of rotatable bonds is 6. The van der Waals surface area contributed by atoms with Crippen molar-refractivity contribution in [3.05, 3.63) is 57.5 Å². The fraction of sp³-hybridized carbons (Fsp3) is 0.360. The molecule has 0 radical (unpaired) electrons. The summed E-state index contributed by atoms with van der Waals surface area (Å²) in [5.74, 6) is 1.81. The molecule has 0 amide bonds. The maximum atomic E-state index is 12.2. The Bertz CT molecular complexity index is 1550. The van der Waals surface area contributed by atoms with Gasteiger partial charge >= 0.3 is 11.6 Å². The van der Waals surface area contributed by atoms with Crippen LogP contribution in [0.1, 0.15) is 16.8 Å². The minimum atomic E-state index is -0.496. The Morgan fingerprint density at radius 2 is 1.84 bits per heavy atom. The van der Waals surface area contributed by atoms with Gasteiger partial charge in [-0.25, -0.2) is 14.6 Å². The van der Waals surface area contributed by atoms with Gasteiger partial charge in [0, 0.05) is 45.5 Å². The van der Waals surface area contributed by atoms with Crippen LogP contribution in [-0.2, 0) is 13.6 Å². The molecule has 1 fully saturated rings. The van der Waals surface area contributed by atoms with Crippen LogP contribution < -0.4 is 19.1 Å². The van der Waals surface area contributed by atoms with Crippen LogP contribution in [0.5, 0.6) is 23.3 Å². The Kier molecular flexibility index (Phi) is 5.91. The van der Waals surface area contributed by atoms with E-state index in [-0.39, 0.29) is 30.1 Å². The summed E-state index contributed by atoms with van der Waals surface area (Å²) < 4.78 is 18.4. The predicted octanol–water partition coefficient (Wildman–Crippen LogP) is 3.13. The van der Waals surface area contributed by atoms with Crippen molar-refractivity contribution in [3.63, 3.8) is 0 Å². The molecule has 4 aromatic rings. The fourth-order valence-corrected chi connectivity index (χ4v) is 4.95. The van der Waals surface area contributed by atoms with Gasteiger partial charge in [0.05, 0.1) is 10.3 Å². The highest BCUT2D eigenvalue weighted by Gasteiger charge is 2.32. The Balaban J connectivity index is 1.22. The molecule has 5 heterocycles. The van der Waals surface area contributed by atoms with E-state index in [1.54, 1.807) is 11.7 Å². The molecule has 0 saturated carbocycles. The first kappa shape index (κ1) is 23.9. The van der Waals surface area contributed by atoms with Gasteiger partial charge in [-0.2, -0.15) is 4.98 Å². The maximum Gasteiger partial charge on any atom is 0.373 e. The summed E-state index contributed by atoms with van der Waals surface area (Å²) in [6.45, 7) is 7.36. The van der Waals surface area contributed by atoms with Crippen LogP contribution in [0.4, 0.5) is 11.5 Å². The first-order chi connectivity index (χ1) is 18.4. The Morgan fingerprint density at radius 3 is 2.63 bits per heavy atom. The predicted molar refractivity (Wildman–Crippen MR) is 137 cm³/mol. The van der Waals surface area contributed by atoms with Crippen LogP contribution in [0.2, 0.25) is 0 Å². The largest absolute Gasteiger partial charge is 0.454 e. The van der Waals surface area contributed by atoms with Gasteiger partial charge in [-0.05, 0) is 43.2 Å². The molecule has 1 saturated heterocycles. The zero-order chi connectivity index (χ0) is 26.4. The zero-order valence-electron chi connectivity index (χ0n) is 21.2. The zero-order valence-corrected chi connectivity index (χ0v) is 21.2. The minimum Gasteiger partial charge on any atom is -0.454 e. The fourth-order valence-electron chi connectivity index (χ4n) is 4.95. The molecule has 2 aliphatic heterocycles. The lowest BCUT2D eigenvalue weighted by atomic mass is 10.1. The second kappa shape index (κ2) is 9.41. The lowest BCUT2D eigenvalue weighted by Crippen LogP contribution is -2.46. The van der Waals surface area contributed by atoms with Crippen molar-refractivity contribution in [3.8, 4) is 23.3 Å². The van der Waals surface area contributed by atoms with Gasteiger partial charge in [-0.1, -0.05) is 6.07 Å². The smallest absolute Gasteiger partial charge is 0.373 e. The Morgan fingerprint density at radius 1 is 1.05 bits per heavy atom. The highest BCUT2D eigenvalue weighted by molar-refractivity contribution is 5.85. The monoisotopic (exact) mass is 518 g/mol. The highest BCUT2D eigenvalue weighted by Crippen LogP contribution is 2.39. The van der Waals surface area contributed by atoms with E-state index in [9.17, 15) is 10.1 Å². The number of nitrogens with zero attached hydrogens (tertiary/aromatic N) is 8. The number of fused-ring (bicyclic) bond motifs is 2. The topological polar surface area (TPSA) is 134 Å². The number of aromatic nitrogens is 5. The van der Waals surface area contributed by atoms with Crippen molar-refractivity contribution in [1.82, 2.24) is 29.6 Å². The summed E-state index contributed by atoms with van der Waals surface area (Å²) >= 11 is 0. The van der Waals surface area contributed by atoms with Gasteiger partial charge in [-0.15, -0.1) is 5.10 Å². The van der Waals surface area contributed by atoms with Crippen LogP contribution in [0, 0.1) is 24.0 Å². The second-order valence-corrected chi connectivity index (χ2v) is 9.37. The summed E-state index contributed by atoms with van der Waals surface area (Å²) in [6.07, 6.45) is 1.29. The maximum absolute atomic E-state index is 12.2. The SMILES string of the molecule is Cc1cc(C)c2c(Oc3ncnc(N4CCN(Cc5ccc6c(c5)OCO6)CC4)c3[N+](=O)[O-])nn(C)c2n1. The van der Waals surface area contributed by atoms with E-state index >= 15 is 0 Å². The molecule has 38 heavy (non-hydrogen) atoms. The summed E-state index contributed by atoms with van der Waals surface area (Å²) in [6, 6.07) is 7.86. The number of anilines is 1. The molecule has 3 aromatic heterocycles. The molecular formula is C25H26N8O5. The molecule has 0 spiro atoms. The normalized spacial score (nSPS) is 15.3. The molecule has 0 N–H and O–H groups in total. The molecule has 0 atom stereocenters. The number of ether oxygens (including phenoxy) is 3. The van der Waals surface area contributed by atoms with Gasteiger partial charge < -0.3 is 19.1 Å². The molecule has 13 nitrogen and oxygen atoms in total. The molecule has 1 aromatic carbocycles. The third-order valence-electron chi connectivity index (χ3n) is 6.75. The Hall–Kier alpha value is -4.52. The van der Waals surface area contributed by atoms with E-state index in [0.29, 0.717) is 37.2 Å². The average molecular weight is 519 g/mol. The average Bonchev–Trinajstić information content (AvgIpc) is 3.48. The summed E-state index contributed by atoms with van der Waals surface area (Å²) in [4.78, 5) is 28.8. The third-order valence-corrected chi connectivity index (χ3v) is 6.75. The molecule has 0 unspecified atom stereocenters. The van der Waals surface area contributed by atoms with Gasteiger partial charge in [0.15, 0.2) is 17.1 Å². The van der Waals surface area contributed by atoms with Crippen molar-refractivity contribution >= 4 is 22.5 Å². The van der Waals surface area contributed by atoms with Gasteiger partial charge in [-0.3, -0.25) is 15.0 Å². The van der Waals surface area contributed by atoms with Crippen LogP contribution in [-0.4, -0.2) is 67.5 Å². The second-order valence-electron chi connectivity index (χ2n) is 9.37. The number of hydrogen-bond donors (Lipinski definition) is 0.